The highest BCUT2D eigenvalue weighted by molar-refractivity contribution is 5.57. The van der Waals surface area contributed by atoms with Crippen molar-refractivity contribution in [1.82, 2.24) is 9.97 Å². The van der Waals surface area contributed by atoms with Gasteiger partial charge in [-0.2, -0.15) is 0 Å². The lowest BCUT2D eigenvalue weighted by molar-refractivity contribution is 0.644. The summed E-state index contributed by atoms with van der Waals surface area (Å²) in [6, 6.07) is 0.610. The van der Waals surface area contributed by atoms with Crippen molar-refractivity contribution in [2.24, 2.45) is 5.84 Å². The fraction of sp³-hybridized carbons (Fsp3) is 0.636. The van der Waals surface area contributed by atoms with Crippen LogP contribution in [0, 0.1) is 6.92 Å². The van der Waals surface area contributed by atoms with Crippen molar-refractivity contribution in [2.45, 2.75) is 38.6 Å². The van der Waals surface area contributed by atoms with Gasteiger partial charge < -0.3 is 10.3 Å². The van der Waals surface area contributed by atoms with Crippen molar-refractivity contribution in [1.29, 1.82) is 0 Å². The Morgan fingerprint density at radius 3 is 2.69 bits per heavy atom. The Labute approximate surface area is 96.0 Å². The average molecular weight is 221 g/mol. The first kappa shape index (κ1) is 11.1. The maximum atomic E-state index is 5.41. The van der Waals surface area contributed by atoms with Crippen molar-refractivity contribution in [3.63, 3.8) is 0 Å². The molecule has 2 rings (SSSR count). The Balaban J connectivity index is 2.25. The highest BCUT2D eigenvalue weighted by Gasteiger charge is 2.22. The topological polar surface area (TPSA) is 67.1 Å². The highest BCUT2D eigenvalue weighted by atomic mass is 15.3. The fourth-order valence-corrected chi connectivity index (χ4v) is 2.41. The second kappa shape index (κ2) is 4.65. The normalized spacial score (nSPS) is 16.4. The summed E-state index contributed by atoms with van der Waals surface area (Å²) in [4.78, 5) is 10.7. The van der Waals surface area contributed by atoms with Gasteiger partial charge in [0.25, 0.3) is 0 Å². The molecule has 5 nitrogen and oxygen atoms in total. The van der Waals surface area contributed by atoms with Crippen LogP contribution in [-0.4, -0.2) is 23.1 Å². The van der Waals surface area contributed by atoms with Crippen LogP contribution in [0.5, 0.6) is 0 Å². The predicted molar refractivity (Wildman–Crippen MR) is 65.2 cm³/mol. The zero-order chi connectivity index (χ0) is 11.5. The van der Waals surface area contributed by atoms with Crippen LogP contribution in [0.1, 0.15) is 31.2 Å². The number of hydrogen-bond acceptors (Lipinski definition) is 5. The van der Waals surface area contributed by atoms with E-state index in [9.17, 15) is 0 Å². The molecule has 0 spiro atoms. The summed E-state index contributed by atoms with van der Waals surface area (Å²) in [5.74, 6) is 7.10. The molecule has 0 unspecified atom stereocenters. The van der Waals surface area contributed by atoms with E-state index in [2.05, 4.69) is 27.3 Å². The Hall–Kier alpha value is -1.36. The van der Waals surface area contributed by atoms with Crippen molar-refractivity contribution < 1.29 is 0 Å². The Morgan fingerprint density at radius 2 is 2.06 bits per heavy atom. The van der Waals surface area contributed by atoms with Crippen LogP contribution in [0.15, 0.2) is 6.33 Å². The molecule has 0 saturated heterocycles. The van der Waals surface area contributed by atoms with E-state index in [4.69, 9.17) is 5.84 Å². The lowest BCUT2D eigenvalue weighted by atomic mass is 10.2. The van der Waals surface area contributed by atoms with Gasteiger partial charge in [0, 0.05) is 18.7 Å². The van der Waals surface area contributed by atoms with Crippen molar-refractivity contribution in [3.8, 4) is 0 Å². The van der Waals surface area contributed by atoms with Crippen LogP contribution in [0.25, 0.3) is 0 Å². The average Bonchev–Trinajstić information content (AvgIpc) is 2.82. The third kappa shape index (κ3) is 1.95. The van der Waals surface area contributed by atoms with Crippen LogP contribution in [0.4, 0.5) is 11.6 Å². The number of rotatable bonds is 3. The minimum absolute atomic E-state index is 0.610. The summed E-state index contributed by atoms with van der Waals surface area (Å²) < 4.78 is 0. The summed E-state index contributed by atoms with van der Waals surface area (Å²) in [7, 11) is 2.10. The molecule has 1 aromatic rings. The molecule has 1 aliphatic rings. The number of nitrogen functional groups attached to an aromatic ring is 1. The van der Waals surface area contributed by atoms with Crippen LogP contribution in [0.3, 0.4) is 0 Å². The van der Waals surface area contributed by atoms with Gasteiger partial charge in [-0.25, -0.2) is 15.8 Å². The fourth-order valence-electron chi connectivity index (χ4n) is 2.41. The standard InChI is InChI=1S/C11H19N5/c1-8-10(15-12)13-7-14-11(8)16(2)9-5-3-4-6-9/h7,9H,3-6,12H2,1-2H3,(H,13,14,15). The molecular weight excluding hydrogens is 202 g/mol. The summed E-state index contributed by atoms with van der Waals surface area (Å²) in [6.07, 6.45) is 6.71. The van der Waals surface area contributed by atoms with Crippen molar-refractivity contribution in [3.05, 3.63) is 11.9 Å². The Kier molecular flexibility index (Phi) is 3.24. The molecule has 0 aliphatic heterocycles. The molecule has 5 heteroatoms. The van der Waals surface area contributed by atoms with Crippen LogP contribution < -0.4 is 16.2 Å². The number of nitrogens with zero attached hydrogens (tertiary/aromatic N) is 3. The number of nitrogens with one attached hydrogen (secondary N) is 1. The van der Waals surface area contributed by atoms with Gasteiger partial charge in [-0.3, -0.25) is 0 Å². The van der Waals surface area contributed by atoms with Crippen molar-refractivity contribution in [2.75, 3.05) is 17.4 Å². The van der Waals surface area contributed by atoms with E-state index in [1.165, 1.54) is 25.7 Å². The smallest absolute Gasteiger partial charge is 0.148 e. The first-order chi connectivity index (χ1) is 7.74. The van der Waals surface area contributed by atoms with E-state index >= 15 is 0 Å². The summed E-state index contributed by atoms with van der Waals surface area (Å²) in [5, 5.41) is 0. The van der Waals surface area contributed by atoms with Gasteiger partial charge in [0.2, 0.25) is 0 Å². The lowest BCUT2D eigenvalue weighted by Gasteiger charge is -2.27. The molecule has 1 fully saturated rings. The summed E-state index contributed by atoms with van der Waals surface area (Å²) in [5.41, 5.74) is 3.62. The SMILES string of the molecule is Cc1c(NN)ncnc1N(C)C1CCCC1. The van der Waals surface area contributed by atoms with Crippen molar-refractivity contribution >= 4 is 11.6 Å². The van der Waals surface area contributed by atoms with Gasteiger partial charge in [-0.15, -0.1) is 0 Å². The van der Waals surface area contributed by atoms with E-state index in [1.54, 1.807) is 6.33 Å². The third-order valence-electron chi connectivity index (χ3n) is 3.40. The van der Waals surface area contributed by atoms with E-state index in [0.717, 1.165) is 11.4 Å². The number of hydrogen-bond donors (Lipinski definition) is 2. The molecule has 0 aromatic carbocycles. The quantitative estimate of drug-likeness (QED) is 0.597. The maximum Gasteiger partial charge on any atom is 0.148 e. The summed E-state index contributed by atoms with van der Waals surface area (Å²) >= 11 is 0. The van der Waals surface area contributed by atoms with E-state index < -0.39 is 0 Å². The molecule has 0 atom stereocenters. The molecule has 0 amide bonds. The number of aromatic nitrogens is 2. The molecule has 1 heterocycles. The zero-order valence-electron chi connectivity index (χ0n) is 9.90. The molecule has 0 bridgehead atoms. The highest BCUT2D eigenvalue weighted by Crippen LogP contribution is 2.28. The molecular formula is C11H19N5. The zero-order valence-corrected chi connectivity index (χ0v) is 9.90. The molecule has 3 N–H and O–H groups in total. The van der Waals surface area contributed by atoms with Crippen LogP contribution >= 0.6 is 0 Å². The third-order valence-corrected chi connectivity index (χ3v) is 3.40. The van der Waals surface area contributed by atoms with Crippen LogP contribution in [0.2, 0.25) is 0 Å². The maximum absolute atomic E-state index is 5.41. The van der Waals surface area contributed by atoms with E-state index in [0.29, 0.717) is 11.9 Å². The van der Waals surface area contributed by atoms with Crippen LogP contribution in [-0.2, 0) is 0 Å². The van der Waals surface area contributed by atoms with Gasteiger partial charge in [0.05, 0.1) is 0 Å². The monoisotopic (exact) mass is 221 g/mol. The second-order valence-corrected chi connectivity index (χ2v) is 4.36. The lowest BCUT2D eigenvalue weighted by Crippen LogP contribution is -2.30. The van der Waals surface area contributed by atoms with E-state index in [1.807, 2.05) is 6.92 Å². The Bertz CT molecular complexity index is 359. The number of nitrogens with two attached hydrogens (primary N) is 1. The Morgan fingerprint density at radius 1 is 1.38 bits per heavy atom. The minimum atomic E-state index is 0.610. The van der Waals surface area contributed by atoms with E-state index in [-0.39, 0.29) is 0 Å². The molecule has 88 valence electrons. The molecule has 1 aromatic heterocycles. The second-order valence-electron chi connectivity index (χ2n) is 4.36. The van der Waals surface area contributed by atoms with Gasteiger partial charge in [-0.1, -0.05) is 12.8 Å². The molecule has 1 aliphatic carbocycles. The number of anilines is 2. The summed E-state index contributed by atoms with van der Waals surface area (Å²) in [6.45, 7) is 2.00. The van der Waals surface area contributed by atoms with Gasteiger partial charge in [0.1, 0.15) is 18.0 Å². The predicted octanol–water partition coefficient (Wildman–Crippen LogP) is 1.45. The first-order valence-electron chi connectivity index (χ1n) is 5.75. The van der Waals surface area contributed by atoms with Gasteiger partial charge in [0.15, 0.2) is 0 Å². The minimum Gasteiger partial charge on any atom is -0.356 e. The molecule has 1 saturated carbocycles. The van der Waals surface area contributed by atoms with Gasteiger partial charge >= 0.3 is 0 Å². The molecule has 16 heavy (non-hydrogen) atoms. The molecule has 0 radical (unpaired) electrons. The number of hydrazine groups is 1. The first-order valence-corrected chi connectivity index (χ1v) is 5.75. The largest absolute Gasteiger partial charge is 0.356 e. The van der Waals surface area contributed by atoms with Gasteiger partial charge in [-0.05, 0) is 19.8 Å².